The summed E-state index contributed by atoms with van der Waals surface area (Å²) in [7, 11) is 0. The number of carboxylic acids is 2. The van der Waals surface area contributed by atoms with Crippen LogP contribution in [0.5, 0.6) is 0 Å². The van der Waals surface area contributed by atoms with Crippen molar-refractivity contribution in [3.63, 3.8) is 0 Å². The van der Waals surface area contributed by atoms with Crippen LogP contribution in [0.1, 0.15) is 47.9 Å². The molecule has 0 radical (unpaired) electrons. The van der Waals surface area contributed by atoms with Crippen LogP contribution in [0.3, 0.4) is 0 Å². The summed E-state index contributed by atoms with van der Waals surface area (Å²) in [6, 6.07) is 34.0. The minimum absolute atomic E-state index is 0.199. The molecule has 0 saturated heterocycles. The Morgan fingerprint density at radius 3 is 1.00 bits per heavy atom. The first-order valence-electron chi connectivity index (χ1n) is 19.0. The molecule has 0 aliphatic rings. The van der Waals surface area contributed by atoms with Crippen molar-refractivity contribution in [1.29, 1.82) is 0 Å². The number of carbonyl (C=O) groups is 6. The lowest BCUT2D eigenvalue weighted by Gasteiger charge is -2.21. The Kier molecular flexibility index (Phi) is 21.2. The summed E-state index contributed by atoms with van der Waals surface area (Å²) < 4.78 is 0. The van der Waals surface area contributed by atoms with E-state index < -0.39 is 47.9 Å². The van der Waals surface area contributed by atoms with E-state index in [1.165, 1.54) is 0 Å². The van der Waals surface area contributed by atoms with E-state index in [9.17, 15) is 39.0 Å². The van der Waals surface area contributed by atoms with Crippen LogP contribution in [0, 0.1) is 0 Å². The molecule has 4 atom stereocenters. The van der Waals surface area contributed by atoms with Crippen LogP contribution in [0.25, 0.3) is 0 Å². The van der Waals surface area contributed by atoms with Gasteiger partial charge in [-0.1, -0.05) is 121 Å². The first-order chi connectivity index (χ1) is 28.0. The fourth-order valence-electron chi connectivity index (χ4n) is 5.77. The highest BCUT2D eigenvalue weighted by Gasteiger charge is 2.28. The van der Waals surface area contributed by atoms with E-state index in [1.807, 2.05) is 121 Å². The summed E-state index contributed by atoms with van der Waals surface area (Å²) in [4.78, 5) is 73.1. The number of carboxylic acid groups (broad SMARTS) is 2. The molecular formula is C44H52N4O8S2. The predicted octanol–water partition coefficient (Wildman–Crippen LogP) is 4.47. The van der Waals surface area contributed by atoms with Gasteiger partial charge >= 0.3 is 11.9 Å². The number of carbonyl (C=O) groups excluding carboxylic acids is 4. The Hall–Kier alpha value is -5.60. The number of benzene rings is 4. The van der Waals surface area contributed by atoms with Crippen molar-refractivity contribution in [2.24, 2.45) is 0 Å². The van der Waals surface area contributed by atoms with Crippen molar-refractivity contribution < 1.29 is 39.0 Å². The molecule has 0 aliphatic carbocycles. The molecule has 0 aliphatic heterocycles. The lowest BCUT2D eigenvalue weighted by atomic mass is 10.0. The summed E-state index contributed by atoms with van der Waals surface area (Å²) in [5.41, 5.74) is 3.81. The molecule has 0 spiro atoms. The van der Waals surface area contributed by atoms with Gasteiger partial charge in [-0.3, -0.25) is 19.2 Å². The van der Waals surface area contributed by atoms with Gasteiger partial charge in [0, 0.05) is 25.7 Å². The molecule has 0 bridgehead atoms. The molecule has 0 unspecified atom stereocenters. The van der Waals surface area contributed by atoms with Crippen molar-refractivity contribution in [2.75, 3.05) is 11.5 Å². The molecule has 4 rings (SSSR count). The number of hydrogen-bond donors (Lipinski definition) is 8. The van der Waals surface area contributed by atoms with Crippen LogP contribution < -0.4 is 21.3 Å². The second-order valence-electron chi connectivity index (χ2n) is 13.4. The van der Waals surface area contributed by atoms with E-state index in [0.717, 1.165) is 22.3 Å². The van der Waals surface area contributed by atoms with Crippen LogP contribution in [0.4, 0.5) is 0 Å². The van der Waals surface area contributed by atoms with Crippen molar-refractivity contribution in [1.82, 2.24) is 21.3 Å². The maximum absolute atomic E-state index is 12.7. The zero-order chi connectivity index (χ0) is 42.1. The second kappa shape index (κ2) is 26.3. The molecule has 0 aromatic heterocycles. The molecule has 4 aromatic carbocycles. The average Bonchev–Trinajstić information content (AvgIpc) is 3.23. The maximum atomic E-state index is 12.7. The van der Waals surface area contributed by atoms with Gasteiger partial charge in [0.1, 0.15) is 24.2 Å². The van der Waals surface area contributed by atoms with E-state index >= 15 is 0 Å². The quantitative estimate of drug-likeness (QED) is 0.0533. The Bertz CT molecular complexity index is 1730. The number of aryl methyl sites for hydroxylation is 2. The third-order valence-electron chi connectivity index (χ3n) is 8.90. The summed E-state index contributed by atoms with van der Waals surface area (Å²) in [5, 5.41) is 29.1. The third-order valence-corrected chi connectivity index (χ3v) is 9.42. The van der Waals surface area contributed by atoms with Crippen LogP contribution >= 0.6 is 25.3 Å². The van der Waals surface area contributed by atoms with Gasteiger partial charge in [0.2, 0.25) is 23.6 Å². The number of rotatable bonds is 22. The molecule has 6 N–H and O–H groups in total. The molecule has 58 heavy (non-hydrogen) atoms. The molecule has 4 aromatic rings. The van der Waals surface area contributed by atoms with Crippen LogP contribution in [-0.4, -0.2) is 81.5 Å². The monoisotopic (exact) mass is 828 g/mol. The lowest BCUT2D eigenvalue weighted by molar-refractivity contribution is -0.142. The molecular weight excluding hydrogens is 777 g/mol. The Labute approximate surface area is 350 Å². The highest BCUT2D eigenvalue weighted by atomic mass is 32.1. The topological polar surface area (TPSA) is 191 Å². The maximum Gasteiger partial charge on any atom is 0.326 e. The number of nitrogens with one attached hydrogen (secondary N) is 4. The SMILES string of the molecule is O=C(CCc1ccccc1)N[C@@H](Cc1ccccc1)C(=O)N[C@@H](CCS)C(=O)O.O=C(CCc1ccccc1)N[C@@H](Cc1ccccc1)C(=O)N[C@@H](CCS)C(=O)O. The zero-order valence-corrected chi connectivity index (χ0v) is 34.0. The normalized spacial score (nSPS) is 12.6. The van der Waals surface area contributed by atoms with Crippen molar-refractivity contribution in [2.45, 2.75) is 75.5 Å². The van der Waals surface area contributed by atoms with E-state index in [0.29, 0.717) is 24.3 Å². The highest BCUT2D eigenvalue weighted by molar-refractivity contribution is 7.80. The van der Waals surface area contributed by atoms with E-state index in [4.69, 9.17) is 0 Å². The average molecular weight is 829 g/mol. The minimum atomic E-state index is -1.12. The van der Waals surface area contributed by atoms with Crippen LogP contribution in [-0.2, 0) is 54.5 Å². The minimum Gasteiger partial charge on any atom is -0.480 e. The highest BCUT2D eigenvalue weighted by Crippen LogP contribution is 2.09. The first-order valence-corrected chi connectivity index (χ1v) is 20.3. The fourth-order valence-corrected chi connectivity index (χ4v) is 6.29. The number of hydrogen-bond acceptors (Lipinski definition) is 8. The Morgan fingerprint density at radius 1 is 0.431 bits per heavy atom. The van der Waals surface area contributed by atoms with Crippen LogP contribution in [0.15, 0.2) is 121 Å². The number of amides is 4. The van der Waals surface area contributed by atoms with Gasteiger partial charge in [0.15, 0.2) is 0 Å². The number of thiol groups is 2. The fraction of sp³-hybridized carbons (Fsp3) is 0.318. The van der Waals surface area contributed by atoms with E-state index in [2.05, 4.69) is 46.5 Å². The predicted molar refractivity (Wildman–Crippen MR) is 230 cm³/mol. The zero-order valence-electron chi connectivity index (χ0n) is 32.2. The molecule has 12 nitrogen and oxygen atoms in total. The van der Waals surface area contributed by atoms with Gasteiger partial charge in [-0.05, 0) is 59.4 Å². The van der Waals surface area contributed by atoms with Gasteiger partial charge in [-0.25, -0.2) is 9.59 Å². The van der Waals surface area contributed by atoms with Crippen molar-refractivity contribution in [3.8, 4) is 0 Å². The van der Waals surface area contributed by atoms with Crippen molar-refractivity contribution >= 4 is 60.8 Å². The summed E-state index contributed by atoms with van der Waals surface area (Å²) in [6.07, 6.45) is 2.54. The molecule has 0 fully saturated rings. The third kappa shape index (κ3) is 18.1. The summed E-state index contributed by atoms with van der Waals surface area (Å²) >= 11 is 8.08. The standard InChI is InChI=1S/2C22H26N2O4S/c2*25-20(12-11-16-7-3-1-4-8-16)23-19(15-17-9-5-2-6-10-17)21(26)24-18(13-14-29)22(27)28/h2*1-10,18-19,29H,11-15H2,(H,23,25)(H,24,26)(H,27,28)/t2*18-,19-/m00/s1. The van der Waals surface area contributed by atoms with Crippen molar-refractivity contribution in [3.05, 3.63) is 144 Å². The number of aliphatic carboxylic acids is 2. The summed E-state index contributed by atoms with van der Waals surface area (Å²) in [5.74, 6) is -3.15. The van der Waals surface area contributed by atoms with Gasteiger partial charge in [-0.2, -0.15) is 25.3 Å². The van der Waals surface area contributed by atoms with E-state index in [-0.39, 0.29) is 50.3 Å². The molecule has 4 amide bonds. The second-order valence-corrected chi connectivity index (χ2v) is 14.3. The molecule has 0 saturated carbocycles. The lowest BCUT2D eigenvalue weighted by Crippen LogP contribution is -2.52. The smallest absolute Gasteiger partial charge is 0.326 e. The van der Waals surface area contributed by atoms with Crippen LogP contribution in [0.2, 0.25) is 0 Å². The molecule has 14 heteroatoms. The van der Waals surface area contributed by atoms with Gasteiger partial charge in [0.25, 0.3) is 0 Å². The summed E-state index contributed by atoms with van der Waals surface area (Å²) in [6.45, 7) is 0. The van der Waals surface area contributed by atoms with Gasteiger partial charge in [-0.15, -0.1) is 0 Å². The molecule has 308 valence electrons. The largest absolute Gasteiger partial charge is 0.480 e. The Morgan fingerprint density at radius 2 is 0.724 bits per heavy atom. The Balaban J connectivity index is 0.000000310. The molecule has 0 heterocycles. The first kappa shape index (κ1) is 46.8. The van der Waals surface area contributed by atoms with Gasteiger partial charge < -0.3 is 31.5 Å². The van der Waals surface area contributed by atoms with E-state index in [1.54, 1.807) is 0 Å². The van der Waals surface area contributed by atoms with Gasteiger partial charge in [0.05, 0.1) is 0 Å².